The number of hydrogen-bond acceptors (Lipinski definition) is 6. The molecule has 37 heavy (non-hydrogen) atoms. The molecular weight excluding hydrogens is 527 g/mol. The van der Waals surface area contributed by atoms with E-state index in [9.17, 15) is 0 Å². The van der Waals surface area contributed by atoms with Crippen molar-refractivity contribution in [1.29, 1.82) is 0 Å². The maximum absolute atomic E-state index is 6.17. The van der Waals surface area contributed by atoms with Crippen LogP contribution in [0.5, 0.6) is 0 Å². The Balaban J connectivity index is 0.00000280. The summed E-state index contributed by atoms with van der Waals surface area (Å²) in [5, 5.41) is 3.82. The average Bonchev–Trinajstić information content (AvgIpc) is 2.91. The number of halogens is 3. The van der Waals surface area contributed by atoms with Gasteiger partial charge in [0.05, 0.1) is 11.0 Å². The summed E-state index contributed by atoms with van der Waals surface area (Å²) in [5.74, 6) is 0. The summed E-state index contributed by atoms with van der Waals surface area (Å²) < 4.78 is 0. The molecule has 4 heterocycles. The Morgan fingerprint density at radius 1 is 0.568 bits per heavy atom. The Morgan fingerprint density at radius 3 is 1.38 bits per heavy atom. The molecule has 0 bridgehead atoms. The van der Waals surface area contributed by atoms with E-state index in [0.717, 1.165) is 86.5 Å². The molecule has 9 heteroatoms. The lowest BCUT2D eigenvalue weighted by Gasteiger charge is -2.39. The quantitative estimate of drug-likeness (QED) is 0.325. The van der Waals surface area contributed by atoms with Crippen LogP contribution < -0.4 is 9.80 Å². The van der Waals surface area contributed by atoms with Crippen LogP contribution in [0, 0.1) is 0 Å². The van der Waals surface area contributed by atoms with Crippen molar-refractivity contribution in [3.05, 3.63) is 71.0 Å². The third kappa shape index (κ3) is 5.74. The third-order valence-corrected chi connectivity index (χ3v) is 7.99. The second kappa shape index (κ2) is 11.6. The van der Waals surface area contributed by atoms with Crippen LogP contribution in [-0.2, 0) is 0 Å². The molecule has 0 spiro atoms. The molecule has 2 aromatic heterocycles. The van der Waals surface area contributed by atoms with E-state index in [1.807, 2.05) is 36.7 Å². The van der Waals surface area contributed by atoms with Crippen LogP contribution in [0.3, 0.4) is 0 Å². The van der Waals surface area contributed by atoms with E-state index in [1.54, 1.807) is 0 Å². The summed E-state index contributed by atoms with van der Waals surface area (Å²) in [7, 11) is 0. The second-order valence-electron chi connectivity index (χ2n) is 9.64. The largest absolute Gasteiger partial charge is 0.368 e. The first-order valence-electron chi connectivity index (χ1n) is 12.7. The van der Waals surface area contributed by atoms with Crippen molar-refractivity contribution < 1.29 is 0 Å². The molecule has 6 nitrogen and oxygen atoms in total. The fourth-order valence-electron chi connectivity index (χ4n) is 5.47. The van der Waals surface area contributed by atoms with Gasteiger partial charge in [0.1, 0.15) is 0 Å². The van der Waals surface area contributed by atoms with Crippen molar-refractivity contribution >= 4 is 68.8 Å². The predicted octanol–water partition coefficient (Wildman–Crippen LogP) is 5.46. The molecule has 0 saturated carbocycles. The van der Waals surface area contributed by atoms with Crippen LogP contribution in [0.15, 0.2) is 60.9 Å². The number of hydrogen-bond donors (Lipinski definition) is 0. The molecule has 0 aliphatic carbocycles. The average molecular weight is 558 g/mol. The number of rotatable bonds is 5. The fraction of sp³-hybridized carbons (Fsp3) is 0.357. The van der Waals surface area contributed by atoms with Crippen LogP contribution in [0.25, 0.3) is 21.8 Å². The van der Waals surface area contributed by atoms with E-state index >= 15 is 0 Å². The van der Waals surface area contributed by atoms with Crippen molar-refractivity contribution in [1.82, 2.24) is 19.8 Å². The van der Waals surface area contributed by atoms with Gasteiger partial charge in [0, 0.05) is 110 Å². The summed E-state index contributed by atoms with van der Waals surface area (Å²) in [6.07, 6.45) is 3.79. The van der Waals surface area contributed by atoms with Crippen molar-refractivity contribution in [2.45, 2.75) is 0 Å². The molecule has 4 aromatic rings. The number of piperazine rings is 2. The molecule has 2 fully saturated rings. The zero-order valence-electron chi connectivity index (χ0n) is 20.7. The number of pyridine rings is 2. The number of aromatic nitrogens is 2. The van der Waals surface area contributed by atoms with E-state index in [1.165, 1.54) is 22.1 Å². The molecule has 0 N–H and O–H groups in total. The van der Waals surface area contributed by atoms with Gasteiger partial charge in [-0.2, -0.15) is 0 Å². The number of anilines is 2. The Labute approximate surface area is 234 Å². The van der Waals surface area contributed by atoms with Gasteiger partial charge >= 0.3 is 0 Å². The Morgan fingerprint density at radius 2 is 0.973 bits per heavy atom. The van der Waals surface area contributed by atoms with E-state index in [-0.39, 0.29) is 12.4 Å². The van der Waals surface area contributed by atoms with Gasteiger partial charge in [-0.15, -0.1) is 12.4 Å². The van der Waals surface area contributed by atoms with Crippen LogP contribution in [0.2, 0.25) is 10.0 Å². The minimum absolute atomic E-state index is 0. The smallest absolute Gasteiger partial charge is 0.0737 e. The highest BCUT2D eigenvalue weighted by atomic mass is 35.5. The van der Waals surface area contributed by atoms with Crippen LogP contribution in [0.4, 0.5) is 11.4 Å². The topological polar surface area (TPSA) is 38.7 Å². The molecule has 2 saturated heterocycles. The standard InChI is InChI=1S/C28H30Cl2N6.ClH/c29-21-1-3-23-25(19-21)31-7-5-27(23)35-15-11-33(12-16-35)9-10-34-13-17-36(18-14-34)28-6-8-32-26-20-22(30)2-4-24(26)28;/h1-8,19-20H,9-18H2;1H. The summed E-state index contributed by atoms with van der Waals surface area (Å²) >= 11 is 12.3. The lowest BCUT2D eigenvalue weighted by molar-refractivity contribution is 0.190. The molecule has 2 aliphatic rings. The van der Waals surface area contributed by atoms with Gasteiger partial charge in [0.25, 0.3) is 0 Å². The zero-order chi connectivity index (χ0) is 24.5. The van der Waals surface area contributed by atoms with Crippen molar-refractivity contribution in [2.24, 2.45) is 0 Å². The van der Waals surface area contributed by atoms with Gasteiger partial charge in [0.15, 0.2) is 0 Å². The second-order valence-corrected chi connectivity index (χ2v) is 10.5. The van der Waals surface area contributed by atoms with Crippen LogP contribution >= 0.6 is 35.6 Å². The molecule has 6 rings (SSSR count). The van der Waals surface area contributed by atoms with Crippen molar-refractivity contribution in [3.63, 3.8) is 0 Å². The first-order valence-corrected chi connectivity index (χ1v) is 13.4. The van der Waals surface area contributed by atoms with Crippen molar-refractivity contribution in [2.75, 3.05) is 75.2 Å². The van der Waals surface area contributed by atoms with Gasteiger partial charge in [-0.1, -0.05) is 23.2 Å². The molecule has 2 aliphatic heterocycles. The summed E-state index contributed by atoms with van der Waals surface area (Å²) in [6.45, 7) is 10.7. The minimum atomic E-state index is 0. The van der Waals surface area contributed by atoms with Crippen LogP contribution in [-0.4, -0.2) is 85.2 Å². The number of fused-ring (bicyclic) bond motifs is 2. The van der Waals surface area contributed by atoms with Gasteiger partial charge in [-0.3, -0.25) is 19.8 Å². The lowest BCUT2D eigenvalue weighted by Crippen LogP contribution is -2.51. The van der Waals surface area contributed by atoms with Gasteiger partial charge < -0.3 is 9.80 Å². The molecule has 0 radical (unpaired) electrons. The zero-order valence-corrected chi connectivity index (χ0v) is 23.0. The van der Waals surface area contributed by atoms with Gasteiger partial charge in [-0.05, 0) is 48.5 Å². The maximum Gasteiger partial charge on any atom is 0.0737 e. The third-order valence-electron chi connectivity index (χ3n) is 7.52. The van der Waals surface area contributed by atoms with Crippen LogP contribution in [0.1, 0.15) is 0 Å². The van der Waals surface area contributed by atoms with E-state index in [0.29, 0.717) is 0 Å². The highest BCUT2D eigenvalue weighted by Crippen LogP contribution is 2.29. The van der Waals surface area contributed by atoms with E-state index in [4.69, 9.17) is 23.2 Å². The minimum Gasteiger partial charge on any atom is -0.368 e. The van der Waals surface area contributed by atoms with E-state index in [2.05, 4.69) is 53.8 Å². The van der Waals surface area contributed by atoms with Crippen molar-refractivity contribution in [3.8, 4) is 0 Å². The Kier molecular flexibility index (Phi) is 8.22. The molecule has 0 atom stereocenters. The van der Waals surface area contributed by atoms with Gasteiger partial charge in [0.2, 0.25) is 0 Å². The molecule has 2 aromatic carbocycles. The molecule has 0 amide bonds. The molecular formula is C28H31Cl3N6. The summed E-state index contributed by atoms with van der Waals surface area (Å²) in [4.78, 5) is 19.2. The number of benzene rings is 2. The number of nitrogens with zero attached hydrogens (tertiary/aromatic N) is 6. The molecule has 0 unspecified atom stereocenters. The van der Waals surface area contributed by atoms with E-state index < -0.39 is 0 Å². The normalized spacial score (nSPS) is 17.4. The maximum atomic E-state index is 6.17. The Bertz CT molecular complexity index is 1260. The SMILES string of the molecule is Cl.Clc1ccc2c(N3CCN(CCN4CCN(c5ccnc6cc(Cl)ccc56)CC4)CC3)ccnc2c1. The monoisotopic (exact) mass is 556 g/mol. The van der Waals surface area contributed by atoms with Gasteiger partial charge in [-0.25, -0.2) is 0 Å². The highest BCUT2D eigenvalue weighted by Gasteiger charge is 2.22. The summed E-state index contributed by atoms with van der Waals surface area (Å²) in [5.41, 5.74) is 4.45. The fourth-order valence-corrected chi connectivity index (χ4v) is 5.80. The first-order chi connectivity index (χ1) is 17.6. The predicted molar refractivity (Wildman–Crippen MR) is 158 cm³/mol. The highest BCUT2D eigenvalue weighted by molar-refractivity contribution is 6.31. The Hall–Kier alpha value is -2.35. The molecule has 194 valence electrons. The first kappa shape index (κ1) is 26.3. The lowest BCUT2D eigenvalue weighted by atomic mass is 10.1. The summed E-state index contributed by atoms with van der Waals surface area (Å²) in [6, 6.07) is 16.3.